The van der Waals surface area contributed by atoms with Crippen LogP contribution in [0.5, 0.6) is 0 Å². The fourth-order valence-electron chi connectivity index (χ4n) is 1.84. The third kappa shape index (κ3) is 2.41. The molecule has 0 unspecified atom stereocenters. The molecular formula is C13H12F3NO. The van der Waals surface area contributed by atoms with Crippen LogP contribution in [-0.2, 0) is 12.7 Å². The Morgan fingerprint density at radius 2 is 1.83 bits per heavy atom. The number of hydrogen-bond acceptors (Lipinski definition) is 2. The van der Waals surface area contributed by atoms with Gasteiger partial charge in [0.2, 0.25) is 0 Å². The summed E-state index contributed by atoms with van der Waals surface area (Å²) < 4.78 is 43.9. The Morgan fingerprint density at radius 1 is 1.11 bits per heavy atom. The lowest BCUT2D eigenvalue weighted by molar-refractivity contribution is -0.137. The van der Waals surface area contributed by atoms with Crippen molar-refractivity contribution >= 4 is 0 Å². The molecule has 1 heterocycles. The quantitative estimate of drug-likeness (QED) is 0.904. The molecule has 0 radical (unpaired) electrons. The van der Waals surface area contributed by atoms with Gasteiger partial charge < -0.3 is 9.73 Å². The standard InChI is InChI=1S/C13H12F3NO/c1-17-8-12-10(6-7-18-12)9-4-2-3-5-11(9)13(14,15)16/h2-7,17H,8H2,1H3. The van der Waals surface area contributed by atoms with E-state index in [0.717, 1.165) is 6.07 Å². The maximum absolute atomic E-state index is 12.9. The maximum Gasteiger partial charge on any atom is 0.417 e. The normalized spacial score (nSPS) is 11.8. The summed E-state index contributed by atoms with van der Waals surface area (Å²) in [6, 6.07) is 7.04. The predicted octanol–water partition coefficient (Wildman–Crippen LogP) is 3.68. The monoisotopic (exact) mass is 255 g/mol. The summed E-state index contributed by atoms with van der Waals surface area (Å²) in [6.45, 7) is 0.383. The van der Waals surface area contributed by atoms with E-state index < -0.39 is 11.7 Å². The van der Waals surface area contributed by atoms with Crippen LogP contribution in [0.1, 0.15) is 11.3 Å². The highest BCUT2D eigenvalue weighted by molar-refractivity contribution is 5.69. The smallest absolute Gasteiger partial charge is 0.417 e. The lowest BCUT2D eigenvalue weighted by Gasteiger charge is -2.12. The first kappa shape index (κ1) is 12.7. The van der Waals surface area contributed by atoms with Crippen molar-refractivity contribution < 1.29 is 17.6 Å². The van der Waals surface area contributed by atoms with Gasteiger partial charge in [-0.15, -0.1) is 0 Å². The summed E-state index contributed by atoms with van der Waals surface area (Å²) >= 11 is 0. The van der Waals surface area contributed by atoms with Crippen molar-refractivity contribution in [2.45, 2.75) is 12.7 Å². The maximum atomic E-state index is 12.9. The van der Waals surface area contributed by atoms with Crippen LogP contribution in [0.25, 0.3) is 11.1 Å². The number of halogens is 3. The number of nitrogens with one attached hydrogen (secondary N) is 1. The molecule has 0 aliphatic rings. The molecule has 18 heavy (non-hydrogen) atoms. The molecular weight excluding hydrogens is 243 g/mol. The van der Waals surface area contributed by atoms with Gasteiger partial charge in [-0.1, -0.05) is 18.2 Å². The van der Waals surface area contributed by atoms with Gasteiger partial charge in [0.25, 0.3) is 0 Å². The van der Waals surface area contributed by atoms with E-state index in [0.29, 0.717) is 17.9 Å². The predicted molar refractivity (Wildman–Crippen MR) is 61.9 cm³/mol. The number of rotatable bonds is 3. The molecule has 96 valence electrons. The van der Waals surface area contributed by atoms with Crippen molar-refractivity contribution in [3.05, 3.63) is 47.9 Å². The average molecular weight is 255 g/mol. The van der Waals surface area contributed by atoms with Gasteiger partial charge in [0.05, 0.1) is 18.4 Å². The van der Waals surface area contributed by atoms with Gasteiger partial charge in [-0.05, 0) is 24.7 Å². The van der Waals surface area contributed by atoms with Crippen LogP contribution in [-0.4, -0.2) is 7.05 Å². The second kappa shape index (κ2) is 4.86. The van der Waals surface area contributed by atoms with E-state index in [1.807, 2.05) is 0 Å². The molecule has 2 rings (SSSR count). The third-order valence-electron chi connectivity index (χ3n) is 2.61. The van der Waals surface area contributed by atoms with Crippen LogP contribution in [0.3, 0.4) is 0 Å². The Labute approximate surface area is 102 Å². The van der Waals surface area contributed by atoms with Crippen LogP contribution in [0.4, 0.5) is 13.2 Å². The molecule has 0 aliphatic heterocycles. The highest BCUT2D eigenvalue weighted by Crippen LogP contribution is 2.38. The summed E-state index contributed by atoms with van der Waals surface area (Å²) in [5.41, 5.74) is -0.0370. The summed E-state index contributed by atoms with van der Waals surface area (Å²) in [6.07, 6.45) is -2.97. The van der Waals surface area contributed by atoms with Gasteiger partial charge in [0, 0.05) is 5.56 Å². The Balaban J connectivity index is 2.54. The second-order valence-electron chi connectivity index (χ2n) is 3.83. The minimum atomic E-state index is -4.37. The van der Waals surface area contributed by atoms with Gasteiger partial charge in [-0.3, -0.25) is 0 Å². The van der Waals surface area contributed by atoms with Crippen molar-refractivity contribution in [2.24, 2.45) is 0 Å². The van der Waals surface area contributed by atoms with Gasteiger partial charge in [-0.25, -0.2) is 0 Å². The Morgan fingerprint density at radius 3 is 2.50 bits per heavy atom. The zero-order valence-electron chi connectivity index (χ0n) is 9.71. The zero-order chi connectivity index (χ0) is 13.2. The number of benzene rings is 1. The molecule has 0 bridgehead atoms. The van der Waals surface area contributed by atoms with Crippen LogP contribution in [0.2, 0.25) is 0 Å². The summed E-state index contributed by atoms with van der Waals surface area (Å²) in [5.74, 6) is 0.495. The molecule has 0 atom stereocenters. The SMILES string of the molecule is CNCc1occc1-c1ccccc1C(F)(F)F. The van der Waals surface area contributed by atoms with Crippen molar-refractivity contribution in [1.29, 1.82) is 0 Å². The highest BCUT2D eigenvalue weighted by atomic mass is 19.4. The first-order valence-corrected chi connectivity index (χ1v) is 5.41. The molecule has 0 saturated heterocycles. The summed E-state index contributed by atoms with van der Waals surface area (Å²) in [4.78, 5) is 0. The average Bonchev–Trinajstić information content (AvgIpc) is 2.77. The molecule has 1 aromatic heterocycles. The van der Waals surface area contributed by atoms with Crippen LogP contribution < -0.4 is 5.32 Å². The van der Waals surface area contributed by atoms with E-state index in [1.165, 1.54) is 18.4 Å². The van der Waals surface area contributed by atoms with Gasteiger partial charge in [-0.2, -0.15) is 13.2 Å². The fraction of sp³-hybridized carbons (Fsp3) is 0.231. The zero-order valence-corrected chi connectivity index (χ0v) is 9.71. The molecule has 1 aromatic carbocycles. The molecule has 0 aliphatic carbocycles. The molecule has 5 heteroatoms. The Hall–Kier alpha value is -1.75. The van der Waals surface area contributed by atoms with E-state index in [1.54, 1.807) is 19.2 Å². The highest BCUT2D eigenvalue weighted by Gasteiger charge is 2.33. The van der Waals surface area contributed by atoms with E-state index in [4.69, 9.17) is 4.42 Å². The van der Waals surface area contributed by atoms with Crippen molar-refractivity contribution in [2.75, 3.05) is 7.05 Å². The number of hydrogen-bond donors (Lipinski definition) is 1. The van der Waals surface area contributed by atoms with E-state index >= 15 is 0 Å². The minimum Gasteiger partial charge on any atom is -0.467 e. The molecule has 0 amide bonds. The van der Waals surface area contributed by atoms with Crippen LogP contribution in [0, 0.1) is 0 Å². The summed E-state index contributed by atoms with van der Waals surface area (Å²) in [7, 11) is 1.71. The van der Waals surface area contributed by atoms with E-state index in [2.05, 4.69) is 5.32 Å². The fourth-order valence-corrected chi connectivity index (χ4v) is 1.84. The van der Waals surface area contributed by atoms with Crippen LogP contribution >= 0.6 is 0 Å². The molecule has 0 saturated carbocycles. The third-order valence-corrected chi connectivity index (χ3v) is 2.61. The van der Waals surface area contributed by atoms with E-state index in [-0.39, 0.29) is 5.56 Å². The van der Waals surface area contributed by atoms with Gasteiger partial charge in [0.1, 0.15) is 5.76 Å². The van der Waals surface area contributed by atoms with Crippen LogP contribution in [0.15, 0.2) is 41.0 Å². The molecule has 1 N–H and O–H groups in total. The van der Waals surface area contributed by atoms with Gasteiger partial charge >= 0.3 is 6.18 Å². The van der Waals surface area contributed by atoms with Crippen molar-refractivity contribution in [1.82, 2.24) is 5.32 Å². The van der Waals surface area contributed by atoms with E-state index in [9.17, 15) is 13.2 Å². The van der Waals surface area contributed by atoms with Crippen molar-refractivity contribution in [3.8, 4) is 11.1 Å². The first-order valence-electron chi connectivity index (χ1n) is 5.41. The van der Waals surface area contributed by atoms with Gasteiger partial charge in [0.15, 0.2) is 0 Å². The van der Waals surface area contributed by atoms with Crippen molar-refractivity contribution in [3.63, 3.8) is 0 Å². The number of furan rings is 1. The number of alkyl halides is 3. The Bertz CT molecular complexity index is 531. The largest absolute Gasteiger partial charge is 0.467 e. The lowest BCUT2D eigenvalue weighted by Crippen LogP contribution is -2.09. The summed E-state index contributed by atoms with van der Waals surface area (Å²) in [5, 5.41) is 2.86. The topological polar surface area (TPSA) is 25.2 Å². The molecule has 2 aromatic rings. The molecule has 2 nitrogen and oxygen atoms in total. The lowest BCUT2D eigenvalue weighted by atomic mass is 9.99. The molecule has 0 fully saturated rings. The Kier molecular flexibility index (Phi) is 3.43. The second-order valence-corrected chi connectivity index (χ2v) is 3.83. The molecule has 0 spiro atoms. The minimum absolute atomic E-state index is 0.143. The first-order chi connectivity index (χ1) is 8.54.